The molecule has 0 aliphatic carbocycles. The highest BCUT2D eigenvalue weighted by molar-refractivity contribution is 6.06. The van der Waals surface area contributed by atoms with Crippen molar-refractivity contribution in [3.63, 3.8) is 0 Å². The van der Waals surface area contributed by atoms with Crippen LogP contribution in [0.5, 0.6) is 0 Å². The van der Waals surface area contributed by atoms with Gasteiger partial charge in [0.15, 0.2) is 0 Å². The molecule has 0 fully saturated rings. The molecule has 3 aromatic carbocycles. The van der Waals surface area contributed by atoms with Gasteiger partial charge in [-0.25, -0.2) is 9.07 Å². The highest BCUT2D eigenvalue weighted by Gasteiger charge is 2.45. The summed E-state index contributed by atoms with van der Waals surface area (Å²) >= 11 is 0. The lowest BCUT2D eigenvalue weighted by Gasteiger charge is -2.38. The summed E-state index contributed by atoms with van der Waals surface area (Å²) in [5, 5.41) is 8.80. The molecule has 0 bridgehead atoms. The largest absolute Gasteiger partial charge is 0.351 e. The summed E-state index contributed by atoms with van der Waals surface area (Å²) in [6.45, 7) is 4.20. The molecule has 2 aromatic heterocycles. The Morgan fingerprint density at radius 1 is 1.03 bits per heavy atom. The second-order valence-electron chi connectivity index (χ2n) is 9.83. The lowest BCUT2D eigenvalue weighted by Crippen LogP contribution is -2.55. The van der Waals surface area contributed by atoms with Gasteiger partial charge in [-0.3, -0.25) is 14.5 Å². The fourth-order valence-corrected chi connectivity index (χ4v) is 5.61. The molecule has 6 rings (SSSR count). The normalized spacial score (nSPS) is 16.9. The van der Waals surface area contributed by atoms with Gasteiger partial charge in [0.2, 0.25) is 0 Å². The van der Waals surface area contributed by atoms with E-state index in [1.807, 2.05) is 80.2 Å². The number of nitrogens with one attached hydrogen (secondary N) is 1. The van der Waals surface area contributed by atoms with Gasteiger partial charge >= 0.3 is 0 Å². The zero-order chi connectivity index (χ0) is 27.3. The fraction of sp³-hybridized carbons (Fsp3) is 0.194. The average molecular weight is 522 g/mol. The minimum atomic E-state index is -0.908. The third-order valence-corrected chi connectivity index (χ3v) is 7.49. The Labute approximate surface area is 225 Å². The van der Waals surface area contributed by atoms with Crippen molar-refractivity contribution in [3.05, 3.63) is 113 Å². The predicted octanol–water partition coefficient (Wildman–Crippen LogP) is 5.11. The van der Waals surface area contributed by atoms with E-state index in [-0.39, 0.29) is 17.6 Å². The van der Waals surface area contributed by atoms with Crippen LogP contribution < -0.4 is 10.2 Å². The van der Waals surface area contributed by atoms with Crippen LogP contribution in [0.1, 0.15) is 40.0 Å². The number of amides is 2. The Kier molecular flexibility index (Phi) is 6.02. The summed E-state index contributed by atoms with van der Waals surface area (Å²) in [5.74, 6) is -0.858. The number of fused-ring (bicyclic) bond motifs is 2. The van der Waals surface area contributed by atoms with E-state index < -0.39 is 12.0 Å². The average Bonchev–Trinajstić information content (AvgIpc) is 3.49. The standard InChI is InChI=1S/C31H28FN5O2/c1-4-36-30-26(19(2)34-37(30)24-8-6-5-7-9-24)27(20-10-13-23(32)14-11-20)28(31(36)39)33-29(38)22-12-15-25-21(18-22)16-17-35(25)3/h5-18,27-28H,4H2,1-3H3,(H,33,38). The zero-order valence-corrected chi connectivity index (χ0v) is 21.9. The molecule has 0 saturated heterocycles. The van der Waals surface area contributed by atoms with Crippen molar-refractivity contribution in [1.29, 1.82) is 0 Å². The molecule has 5 aromatic rings. The molecule has 1 N–H and O–H groups in total. The number of anilines is 1. The quantitative estimate of drug-likeness (QED) is 0.350. The van der Waals surface area contributed by atoms with Crippen LogP contribution in [0.15, 0.2) is 85.1 Å². The van der Waals surface area contributed by atoms with Crippen molar-refractivity contribution in [1.82, 2.24) is 19.7 Å². The number of aromatic nitrogens is 3. The first-order valence-corrected chi connectivity index (χ1v) is 12.9. The molecule has 2 unspecified atom stereocenters. The number of hydrogen-bond acceptors (Lipinski definition) is 3. The SMILES string of the molecule is CCN1C(=O)C(NC(=O)c2ccc3c(ccn3C)c2)C(c2ccc(F)cc2)c2c(C)nn(-c3ccccc3)c21. The van der Waals surface area contributed by atoms with Crippen LogP contribution in [0.3, 0.4) is 0 Å². The van der Waals surface area contributed by atoms with Crippen molar-refractivity contribution in [2.75, 3.05) is 11.4 Å². The Morgan fingerprint density at radius 3 is 2.49 bits per heavy atom. The smallest absolute Gasteiger partial charge is 0.251 e. The molecule has 1 aliphatic heterocycles. The van der Waals surface area contributed by atoms with Crippen molar-refractivity contribution in [2.45, 2.75) is 25.8 Å². The van der Waals surface area contributed by atoms with Gasteiger partial charge in [-0.2, -0.15) is 5.10 Å². The number of nitrogens with zero attached hydrogens (tertiary/aromatic N) is 4. The van der Waals surface area contributed by atoms with Gasteiger partial charge < -0.3 is 9.88 Å². The molecule has 3 heterocycles. The maximum Gasteiger partial charge on any atom is 0.251 e. The van der Waals surface area contributed by atoms with Gasteiger partial charge in [-0.05, 0) is 67.9 Å². The summed E-state index contributed by atoms with van der Waals surface area (Å²) in [6.07, 6.45) is 1.94. The number of rotatable bonds is 5. The Morgan fingerprint density at radius 2 is 1.77 bits per heavy atom. The number of likely N-dealkylation sites (N-methyl/N-ethyl adjacent to an activating group) is 1. The van der Waals surface area contributed by atoms with Crippen LogP contribution in [0.4, 0.5) is 10.2 Å². The third-order valence-electron chi connectivity index (χ3n) is 7.49. The molecule has 0 radical (unpaired) electrons. The summed E-state index contributed by atoms with van der Waals surface area (Å²) in [5.41, 5.74) is 4.58. The molecule has 2 amide bonds. The minimum Gasteiger partial charge on any atom is -0.351 e. The maximum atomic E-state index is 14.1. The number of para-hydroxylation sites is 1. The molecule has 1 aliphatic rings. The second-order valence-corrected chi connectivity index (χ2v) is 9.83. The van der Waals surface area contributed by atoms with Gasteiger partial charge in [0, 0.05) is 47.7 Å². The van der Waals surface area contributed by atoms with Crippen molar-refractivity contribution in [3.8, 4) is 5.69 Å². The molecule has 39 heavy (non-hydrogen) atoms. The zero-order valence-electron chi connectivity index (χ0n) is 21.9. The summed E-state index contributed by atoms with van der Waals surface area (Å²) in [6, 6.07) is 22.3. The third kappa shape index (κ3) is 4.09. The van der Waals surface area contributed by atoms with E-state index in [0.717, 1.165) is 33.4 Å². The van der Waals surface area contributed by atoms with Gasteiger partial charge in [-0.1, -0.05) is 30.3 Å². The number of benzene rings is 3. The lowest BCUT2D eigenvalue weighted by atomic mass is 9.81. The topological polar surface area (TPSA) is 72.2 Å². The van der Waals surface area contributed by atoms with E-state index in [4.69, 9.17) is 5.10 Å². The first-order chi connectivity index (χ1) is 18.9. The molecule has 196 valence electrons. The predicted molar refractivity (Wildman–Crippen MR) is 149 cm³/mol. The van der Waals surface area contributed by atoms with Crippen LogP contribution in [-0.4, -0.2) is 38.7 Å². The van der Waals surface area contributed by atoms with Gasteiger partial charge in [0.05, 0.1) is 11.4 Å². The Bertz CT molecular complexity index is 1700. The van der Waals surface area contributed by atoms with E-state index in [1.54, 1.807) is 27.8 Å². The van der Waals surface area contributed by atoms with Crippen molar-refractivity contribution in [2.24, 2.45) is 7.05 Å². The van der Waals surface area contributed by atoms with E-state index in [9.17, 15) is 14.0 Å². The van der Waals surface area contributed by atoms with E-state index >= 15 is 0 Å². The number of aryl methyl sites for hydroxylation is 2. The molecule has 2 atom stereocenters. The van der Waals surface area contributed by atoms with Crippen LogP contribution >= 0.6 is 0 Å². The Hall–Kier alpha value is -4.72. The first kappa shape index (κ1) is 24.6. The molecule has 0 spiro atoms. The highest BCUT2D eigenvalue weighted by atomic mass is 19.1. The Balaban J connectivity index is 1.49. The first-order valence-electron chi connectivity index (χ1n) is 12.9. The summed E-state index contributed by atoms with van der Waals surface area (Å²) < 4.78 is 17.7. The van der Waals surface area contributed by atoms with E-state index in [1.165, 1.54) is 12.1 Å². The van der Waals surface area contributed by atoms with Crippen LogP contribution in [0, 0.1) is 12.7 Å². The van der Waals surface area contributed by atoms with Crippen molar-refractivity contribution < 1.29 is 14.0 Å². The molecule has 7 nitrogen and oxygen atoms in total. The number of carbonyl (C=O) groups is 2. The molecular weight excluding hydrogens is 493 g/mol. The second kappa shape index (κ2) is 9.54. The lowest BCUT2D eigenvalue weighted by molar-refractivity contribution is -0.121. The van der Waals surface area contributed by atoms with Crippen LogP contribution in [-0.2, 0) is 11.8 Å². The van der Waals surface area contributed by atoms with Gasteiger partial charge in [0.1, 0.15) is 17.7 Å². The summed E-state index contributed by atoms with van der Waals surface area (Å²) in [7, 11) is 1.95. The molecule has 0 saturated carbocycles. The number of hydrogen-bond donors (Lipinski definition) is 1. The number of carbonyl (C=O) groups excluding carboxylic acids is 2. The minimum absolute atomic E-state index is 0.245. The van der Waals surface area contributed by atoms with Crippen molar-refractivity contribution >= 4 is 28.5 Å². The van der Waals surface area contributed by atoms with Crippen LogP contribution in [0.2, 0.25) is 0 Å². The van der Waals surface area contributed by atoms with E-state index in [2.05, 4.69) is 5.32 Å². The molecular formula is C31H28FN5O2. The van der Waals surface area contributed by atoms with E-state index in [0.29, 0.717) is 17.9 Å². The fourth-order valence-electron chi connectivity index (χ4n) is 5.61. The monoisotopic (exact) mass is 521 g/mol. The maximum absolute atomic E-state index is 14.1. The van der Waals surface area contributed by atoms with Gasteiger partial charge in [-0.15, -0.1) is 0 Å². The molecule has 8 heteroatoms. The number of halogens is 1. The van der Waals surface area contributed by atoms with Gasteiger partial charge in [0.25, 0.3) is 11.8 Å². The highest BCUT2D eigenvalue weighted by Crippen LogP contribution is 2.43. The summed E-state index contributed by atoms with van der Waals surface area (Å²) in [4.78, 5) is 29.4. The van der Waals surface area contributed by atoms with Crippen LogP contribution in [0.25, 0.3) is 16.6 Å².